The fourth-order valence-corrected chi connectivity index (χ4v) is 3.97. The van der Waals surface area contributed by atoms with Crippen LogP contribution in [0.5, 0.6) is 5.75 Å². The molecule has 1 N–H and O–H groups in total. The molecule has 0 aliphatic carbocycles. The molecule has 0 saturated heterocycles. The predicted molar refractivity (Wildman–Crippen MR) is 127 cm³/mol. The predicted octanol–water partition coefficient (Wildman–Crippen LogP) is 6.13. The van der Waals surface area contributed by atoms with Crippen molar-refractivity contribution in [3.05, 3.63) is 94.3 Å². The summed E-state index contributed by atoms with van der Waals surface area (Å²) in [5.74, 6) is 0.448. The number of aromatic nitrogens is 1. The Morgan fingerprint density at radius 3 is 2.55 bits per heavy atom. The van der Waals surface area contributed by atoms with Crippen LogP contribution in [0.3, 0.4) is 0 Å². The number of rotatable bonds is 7. The molecule has 0 aliphatic heterocycles. The second-order valence-corrected chi connectivity index (χ2v) is 8.34. The summed E-state index contributed by atoms with van der Waals surface area (Å²) >= 11 is 7.62. The first-order valence-electron chi connectivity index (χ1n) is 9.84. The van der Waals surface area contributed by atoms with Crippen molar-refractivity contribution < 1.29 is 9.53 Å². The number of thiazole rings is 1. The van der Waals surface area contributed by atoms with E-state index in [-0.39, 0.29) is 12.5 Å². The van der Waals surface area contributed by atoms with Gasteiger partial charge < -0.3 is 10.1 Å². The highest BCUT2D eigenvalue weighted by atomic mass is 35.5. The molecule has 0 radical (unpaired) electrons. The highest BCUT2D eigenvalue weighted by Crippen LogP contribution is 2.29. The van der Waals surface area contributed by atoms with Gasteiger partial charge in [-0.2, -0.15) is 0 Å². The molecule has 0 atom stereocenters. The lowest BCUT2D eigenvalue weighted by Crippen LogP contribution is -2.28. The van der Waals surface area contributed by atoms with Gasteiger partial charge >= 0.3 is 0 Å². The minimum atomic E-state index is -0.177. The lowest BCUT2D eigenvalue weighted by Gasteiger charge is -2.09. The van der Waals surface area contributed by atoms with E-state index in [1.807, 2.05) is 55.5 Å². The van der Waals surface area contributed by atoms with E-state index < -0.39 is 0 Å². The Balaban J connectivity index is 1.30. The number of nitrogens with zero attached hydrogens (tertiary/aromatic N) is 1. The zero-order valence-corrected chi connectivity index (χ0v) is 18.5. The standard InChI is InChI=1S/C25H21ClN2O2S/c1-17-13-21(11-12-22(17)26)30-15-24(29)27-14-18-7-9-20(10-8-18)25-28-23(16-31-25)19-5-3-2-4-6-19/h2-13,16H,14-15H2,1H3,(H,27,29). The lowest BCUT2D eigenvalue weighted by atomic mass is 10.1. The molecule has 4 rings (SSSR count). The third-order valence-corrected chi connectivity index (χ3v) is 6.08. The van der Waals surface area contributed by atoms with E-state index in [0.717, 1.165) is 33.0 Å². The first kappa shape index (κ1) is 21.1. The maximum absolute atomic E-state index is 12.1. The van der Waals surface area contributed by atoms with E-state index in [0.29, 0.717) is 17.3 Å². The first-order chi connectivity index (χ1) is 15.1. The van der Waals surface area contributed by atoms with E-state index in [2.05, 4.69) is 22.8 Å². The molecule has 6 heteroatoms. The zero-order chi connectivity index (χ0) is 21.6. The fraction of sp³-hybridized carbons (Fsp3) is 0.120. The minimum absolute atomic E-state index is 0.0411. The summed E-state index contributed by atoms with van der Waals surface area (Å²) in [4.78, 5) is 16.8. The van der Waals surface area contributed by atoms with Gasteiger partial charge in [0.05, 0.1) is 5.69 Å². The number of hydrogen-bond donors (Lipinski definition) is 1. The monoisotopic (exact) mass is 448 g/mol. The van der Waals surface area contributed by atoms with Gasteiger partial charge in [-0.1, -0.05) is 66.2 Å². The normalized spacial score (nSPS) is 10.6. The molecule has 0 aliphatic rings. The smallest absolute Gasteiger partial charge is 0.258 e. The Hall–Kier alpha value is -3.15. The van der Waals surface area contributed by atoms with Crippen LogP contribution < -0.4 is 10.1 Å². The minimum Gasteiger partial charge on any atom is -0.484 e. The Bertz CT molecular complexity index is 1170. The maximum Gasteiger partial charge on any atom is 0.258 e. The number of carbonyl (C=O) groups is 1. The van der Waals surface area contributed by atoms with Crippen LogP contribution in [-0.4, -0.2) is 17.5 Å². The van der Waals surface area contributed by atoms with Crippen LogP contribution >= 0.6 is 22.9 Å². The average Bonchev–Trinajstić information content (AvgIpc) is 3.30. The number of benzene rings is 3. The average molecular weight is 449 g/mol. The van der Waals surface area contributed by atoms with Gasteiger partial charge in [0.25, 0.3) is 5.91 Å². The van der Waals surface area contributed by atoms with Crippen molar-refractivity contribution >= 4 is 28.8 Å². The third-order valence-electron chi connectivity index (χ3n) is 4.76. The van der Waals surface area contributed by atoms with Crippen molar-refractivity contribution in [2.75, 3.05) is 6.61 Å². The van der Waals surface area contributed by atoms with E-state index in [9.17, 15) is 4.79 Å². The molecular formula is C25H21ClN2O2S. The van der Waals surface area contributed by atoms with Crippen molar-refractivity contribution in [1.29, 1.82) is 0 Å². The van der Waals surface area contributed by atoms with Gasteiger partial charge in [0.1, 0.15) is 10.8 Å². The van der Waals surface area contributed by atoms with Gasteiger partial charge in [-0.3, -0.25) is 4.79 Å². The SMILES string of the molecule is Cc1cc(OCC(=O)NCc2ccc(-c3nc(-c4ccccc4)cs3)cc2)ccc1Cl. The second-order valence-electron chi connectivity index (χ2n) is 7.08. The summed E-state index contributed by atoms with van der Waals surface area (Å²) in [6, 6.07) is 23.5. The number of hydrogen-bond acceptors (Lipinski definition) is 4. The van der Waals surface area contributed by atoms with Crippen LogP contribution in [0.25, 0.3) is 21.8 Å². The first-order valence-corrected chi connectivity index (χ1v) is 11.1. The van der Waals surface area contributed by atoms with Gasteiger partial charge in [0.15, 0.2) is 6.61 Å². The van der Waals surface area contributed by atoms with Crippen LogP contribution in [0.1, 0.15) is 11.1 Å². The highest BCUT2D eigenvalue weighted by Gasteiger charge is 2.08. The molecule has 3 aromatic carbocycles. The van der Waals surface area contributed by atoms with Crippen molar-refractivity contribution in [1.82, 2.24) is 10.3 Å². The topological polar surface area (TPSA) is 51.2 Å². The molecule has 1 aromatic heterocycles. The van der Waals surface area contributed by atoms with E-state index in [1.165, 1.54) is 0 Å². The van der Waals surface area contributed by atoms with Crippen molar-refractivity contribution in [2.24, 2.45) is 0 Å². The molecule has 0 spiro atoms. The van der Waals surface area contributed by atoms with Crippen molar-refractivity contribution in [2.45, 2.75) is 13.5 Å². The number of nitrogens with one attached hydrogen (secondary N) is 1. The van der Waals surface area contributed by atoms with Crippen molar-refractivity contribution in [3.8, 4) is 27.6 Å². The molecule has 31 heavy (non-hydrogen) atoms. The molecule has 0 saturated carbocycles. The summed E-state index contributed by atoms with van der Waals surface area (Å²) < 4.78 is 5.53. The molecule has 4 aromatic rings. The maximum atomic E-state index is 12.1. The number of amides is 1. The molecular weight excluding hydrogens is 428 g/mol. The van der Waals surface area contributed by atoms with Crippen LogP contribution in [0, 0.1) is 6.92 Å². The van der Waals surface area contributed by atoms with Gasteiger partial charge in [-0.05, 0) is 36.2 Å². The van der Waals surface area contributed by atoms with Crippen LogP contribution in [-0.2, 0) is 11.3 Å². The fourth-order valence-electron chi connectivity index (χ4n) is 3.02. The third kappa shape index (κ3) is 5.51. The van der Waals surface area contributed by atoms with E-state index in [4.69, 9.17) is 21.3 Å². The molecule has 1 amide bonds. The Morgan fingerprint density at radius 1 is 1.03 bits per heavy atom. The summed E-state index contributed by atoms with van der Waals surface area (Å²) in [5, 5.41) is 6.60. The molecule has 4 nitrogen and oxygen atoms in total. The zero-order valence-electron chi connectivity index (χ0n) is 17.0. The number of carbonyl (C=O) groups excluding carboxylic acids is 1. The Morgan fingerprint density at radius 2 is 1.81 bits per heavy atom. The lowest BCUT2D eigenvalue weighted by molar-refractivity contribution is -0.123. The van der Waals surface area contributed by atoms with Crippen LogP contribution in [0.2, 0.25) is 5.02 Å². The largest absolute Gasteiger partial charge is 0.484 e. The van der Waals surface area contributed by atoms with Crippen LogP contribution in [0.4, 0.5) is 0 Å². The van der Waals surface area contributed by atoms with Crippen molar-refractivity contribution in [3.63, 3.8) is 0 Å². The second kappa shape index (κ2) is 9.77. The summed E-state index contributed by atoms with van der Waals surface area (Å²) in [7, 11) is 0. The van der Waals surface area contributed by atoms with Gasteiger partial charge in [-0.15, -0.1) is 11.3 Å². The molecule has 0 bridgehead atoms. The Labute approximate surface area is 190 Å². The summed E-state index contributed by atoms with van der Waals surface area (Å²) in [6.45, 7) is 2.29. The van der Waals surface area contributed by atoms with Gasteiger partial charge in [-0.25, -0.2) is 4.98 Å². The highest BCUT2D eigenvalue weighted by molar-refractivity contribution is 7.13. The summed E-state index contributed by atoms with van der Waals surface area (Å²) in [6.07, 6.45) is 0. The van der Waals surface area contributed by atoms with E-state index in [1.54, 1.807) is 23.5 Å². The number of halogens is 1. The van der Waals surface area contributed by atoms with E-state index >= 15 is 0 Å². The molecule has 156 valence electrons. The summed E-state index contributed by atoms with van der Waals surface area (Å²) in [5.41, 5.74) is 5.08. The molecule has 0 fully saturated rings. The quantitative estimate of drug-likeness (QED) is 0.369. The van der Waals surface area contributed by atoms with Gasteiger partial charge in [0, 0.05) is 28.1 Å². The number of ether oxygens (including phenoxy) is 1. The molecule has 1 heterocycles. The van der Waals surface area contributed by atoms with Crippen LogP contribution in [0.15, 0.2) is 78.2 Å². The number of aryl methyl sites for hydroxylation is 1. The van der Waals surface area contributed by atoms with Gasteiger partial charge in [0.2, 0.25) is 0 Å². The Kier molecular flexibility index (Phi) is 6.65. The molecule has 0 unspecified atom stereocenters.